The predicted molar refractivity (Wildman–Crippen MR) is 157 cm³/mol. The lowest BCUT2D eigenvalue weighted by atomic mass is 9.99. The molecule has 1 saturated heterocycles. The fourth-order valence-electron chi connectivity index (χ4n) is 5.07. The van der Waals surface area contributed by atoms with Crippen LogP contribution in [0.1, 0.15) is 38.3 Å². The van der Waals surface area contributed by atoms with E-state index in [9.17, 15) is 19.5 Å². The minimum atomic E-state index is -1.07. The Morgan fingerprint density at radius 2 is 1.76 bits per heavy atom. The topological polar surface area (TPSA) is 123 Å². The van der Waals surface area contributed by atoms with Gasteiger partial charge in [0.2, 0.25) is 0 Å². The van der Waals surface area contributed by atoms with Gasteiger partial charge in [0.1, 0.15) is 0 Å². The number of carboxylic acids is 1. The normalized spacial score (nSPS) is 17.7. The maximum Gasteiger partial charge on any atom is 0.335 e. The van der Waals surface area contributed by atoms with E-state index in [0.29, 0.717) is 46.4 Å². The van der Waals surface area contributed by atoms with E-state index in [1.165, 1.54) is 12.1 Å². The second-order valence-electron chi connectivity index (χ2n) is 10.3. The molecule has 3 aromatic rings. The van der Waals surface area contributed by atoms with Gasteiger partial charge < -0.3 is 20.6 Å². The van der Waals surface area contributed by atoms with Crippen LogP contribution in [-0.4, -0.2) is 79.1 Å². The summed E-state index contributed by atoms with van der Waals surface area (Å²) in [7, 11) is 4.18. The van der Waals surface area contributed by atoms with Gasteiger partial charge in [-0.3, -0.25) is 19.3 Å². The van der Waals surface area contributed by atoms with E-state index in [1.54, 1.807) is 30.3 Å². The lowest BCUT2D eigenvalue weighted by molar-refractivity contribution is -0.110. The second-order valence-corrected chi connectivity index (χ2v) is 10.3. The summed E-state index contributed by atoms with van der Waals surface area (Å²) >= 11 is 0. The molecule has 0 bridgehead atoms. The molecule has 2 aliphatic heterocycles. The van der Waals surface area contributed by atoms with E-state index >= 15 is 0 Å². The number of fused-ring (bicyclic) bond motifs is 1. The number of likely N-dealkylation sites (N-methyl/N-ethyl adjacent to an activating group) is 1. The van der Waals surface area contributed by atoms with Crippen molar-refractivity contribution in [3.63, 3.8) is 0 Å². The Morgan fingerprint density at radius 1 is 1.02 bits per heavy atom. The maximum absolute atomic E-state index is 13.1. The van der Waals surface area contributed by atoms with Gasteiger partial charge in [0.15, 0.2) is 0 Å². The van der Waals surface area contributed by atoms with Gasteiger partial charge in [0.25, 0.3) is 11.8 Å². The maximum atomic E-state index is 13.1. The number of aromatic carboxylic acids is 1. The molecule has 0 radical (unpaired) electrons. The van der Waals surface area contributed by atoms with Crippen LogP contribution in [0.4, 0.5) is 11.4 Å². The Kier molecular flexibility index (Phi) is 8.44. The molecular formula is C31H33N5O5. The minimum Gasteiger partial charge on any atom is -0.478 e. The lowest BCUT2D eigenvalue weighted by Crippen LogP contribution is -2.34. The van der Waals surface area contributed by atoms with Crippen LogP contribution in [0, 0.1) is 0 Å². The molecule has 4 N–H and O–H groups in total. The van der Waals surface area contributed by atoms with Crippen molar-refractivity contribution in [1.29, 1.82) is 0 Å². The number of carbonyl (C=O) groups excluding carboxylic acids is 2. The third-order valence-corrected chi connectivity index (χ3v) is 7.39. The molecule has 212 valence electrons. The van der Waals surface area contributed by atoms with Crippen molar-refractivity contribution < 1.29 is 24.3 Å². The fraction of sp³-hybridized carbons (Fsp3) is 0.258. The van der Waals surface area contributed by atoms with Crippen LogP contribution in [0.15, 0.2) is 72.8 Å². The quantitative estimate of drug-likeness (QED) is 0.170. The van der Waals surface area contributed by atoms with Gasteiger partial charge in [-0.1, -0.05) is 36.4 Å². The summed E-state index contributed by atoms with van der Waals surface area (Å²) in [6.07, 6.45) is 1.13. The number of nitrogens with one attached hydrogen (secondary N) is 3. The standard InChI is InChI=1S/C31H33N5O5/c1-35(2)24-14-15-36(19-24)16-17-41-34-29(37)21-8-11-23(12-9-21)32-28(20-6-4-3-5-7-20)27-25-13-10-22(31(39)40)18-26(25)33-30(27)38/h3-13,18,24,32H,14-17,19H2,1-2H3,(H,33,38)(H,34,37)(H,39,40). The van der Waals surface area contributed by atoms with Gasteiger partial charge >= 0.3 is 5.97 Å². The number of benzene rings is 3. The molecule has 0 aliphatic carbocycles. The van der Waals surface area contributed by atoms with Crippen LogP contribution in [0.3, 0.4) is 0 Å². The van der Waals surface area contributed by atoms with Crippen LogP contribution in [0.25, 0.3) is 11.3 Å². The van der Waals surface area contributed by atoms with Gasteiger partial charge in [-0.05, 0) is 69.0 Å². The van der Waals surface area contributed by atoms with Crippen molar-refractivity contribution >= 4 is 40.4 Å². The lowest BCUT2D eigenvalue weighted by Gasteiger charge is -2.20. The monoisotopic (exact) mass is 555 g/mol. The molecule has 10 nitrogen and oxygen atoms in total. The first kappa shape index (κ1) is 28.0. The second kappa shape index (κ2) is 12.3. The number of anilines is 2. The van der Waals surface area contributed by atoms with Gasteiger partial charge in [-0.25, -0.2) is 10.3 Å². The summed E-state index contributed by atoms with van der Waals surface area (Å²) in [6.45, 7) is 3.17. The highest BCUT2D eigenvalue weighted by Gasteiger charge is 2.29. The van der Waals surface area contributed by atoms with Crippen LogP contribution in [0.5, 0.6) is 0 Å². The molecular weight excluding hydrogens is 522 g/mol. The average molecular weight is 556 g/mol. The highest BCUT2D eigenvalue weighted by molar-refractivity contribution is 6.37. The molecule has 2 amide bonds. The van der Waals surface area contributed by atoms with E-state index < -0.39 is 5.97 Å². The van der Waals surface area contributed by atoms with E-state index in [-0.39, 0.29) is 17.4 Å². The zero-order valence-electron chi connectivity index (χ0n) is 23.0. The van der Waals surface area contributed by atoms with Crippen molar-refractivity contribution in [2.75, 3.05) is 51.0 Å². The molecule has 2 heterocycles. The number of likely N-dealkylation sites (tertiary alicyclic amines) is 1. The van der Waals surface area contributed by atoms with E-state index in [2.05, 4.69) is 40.0 Å². The first-order valence-corrected chi connectivity index (χ1v) is 13.5. The number of hydrogen-bond donors (Lipinski definition) is 4. The largest absolute Gasteiger partial charge is 0.478 e. The van der Waals surface area contributed by atoms with Crippen molar-refractivity contribution in [3.8, 4) is 0 Å². The Morgan fingerprint density at radius 3 is 2.44 bits per heavy atom. The molecule has 2 aliphatic rings. The molecule has 10 heteroatoms. The number of carboxylic acid groups (broad SMARTS) is 1. The third-order valence-electron chi connectivity index (χ3n) is 7.39. The van der Waals surface area contributed by atoms with Crippen LogP contribution >= 0.6 is 0 Å². The third kappa shape index (κ3) is 6.46. The van der Waals surface area contributed by atoms with Crippen LogP contribution in [-0.2, 0) is 9.63 Å². The van der Waals surface area contributed by atoms with Crippen molar-refractivity contribution in [2.24, 2.45) is 0 Å². The van der Waals surface area contributed by atoms with Gasteiger partial charge in [-0.2, -0.15) is 0 Å². The van der Waals surface area contributed by atoms with E-state index in [0.717, 1.165) is 31.6 Å². The number of hydroxylamine groups is 1. The zero-order chi connectivity index (χ0) is 28.9. The first-order chi connectivity index (χ1) is 19.8. The van der Waals surface area contributed by atoms with Crippen LogP contribution < -0.4 is 16.1 Å². The van der Waals surface area contributed by atoms with E-state index in [4.69, 9.17) is 4.84 Å². The summed E-state index contributed by atoms with van der Waals surface area (Å²) in [4.78, 5) is 47.1. The van der Waals surface area contributed by atoms with Crippen molar-refractivity contribution in [1.82, 2.24) is 15.3 Å². The Balaban J connectivity index is 1.27. The first-order valence-electron chi connectivity index (χ1n) is 13.5. The highest BCUT2D eigenvalue weighted by atomic mass is 16.7. The number of hydrogen-bond acceptors (Lipinski definition) is 7. The molecule has 0 aromatic heterocycles. The molecule has 1 atom stereocenters. The Bertz CT molecular complexity index is 1470. The van der Waals surface area contributed by atoms with Crippen molar-refractivity contribution in [3.05, 3.63) is 95.1 Å². The summed E-state index contributed by atoms with van der Waals surface area (Å²) in [5, 5.41) is 15.5. The highest BCUT2D eigenvalue weighted by Crippen LogP contribution is 2.38. The number of nitrogens with zero attached hydrogens (tertiary/aromatic N) is 2. The van der Waals surface area contributed by atoms with Gasteiger partial charge in [0.05, 0.1) is 29.1 Å². The predicted octanol–water partition coefficient (Wildman–Crippen LogP) is 3.61. The number of rotatable bonds is 10. The van der Waals surface area contributed by atoms with E-state index in [1.807, 2.05) is 30.3 Å². The molecule has 0 saturated carbocycles. The Hall–Kier alpha value is -4.51. The molecule has 1 fully saturated rings. The molecule has 3 aromatic carbocycles. The summed E-state index contributed by atoms with van der Waals surface area (Å²) in [5.41, 5.74) is 6.48. The summed E-state index contributed by atoms with van der Waals surface area (Å²) in [6, 6.07) is 21.4. The minimum absolute atomic E-state index is 0.0892. The molecule has 0 spiro atoms. The van der Waals surface area contributed by atoms with Gasteiger partial charge in [0, 0.05) is 35.9 Å². The molecule has 1 unspecified atom stereocenters. The summed E-state index contributed by atoms with van der Waals surface area (Å²) in [5.74, 6) is -1.75. The van der Waals surface area contributed by atoms with Crippen LogP contribution in [0.2, 0.25) is 0 Å². The summed E-state index contributed by atoms with van der Waals surface area (Å²) < 4.78 is 0. The van der Waals surface area contributed by atoms with Crippen molar-refractivity contribution in [2.45, 2.75) is 12.5 Å². The molecule has 5 rings (SSSR count). The van der Waals surface area contributed by atoms with Gasteiger partial charge in [-0.15, -0.1) is 0 Å². The Labute approximate surface area is 238 Å². The number of carbonyl (C=O) groups is 3. The number of amides is 2. The fourth-order valence-corrected chi connectivity index (χ4v) is 5.07. The SMILES string of the molecule is CN(C)C1CCN(CCONC(=O)c2ccc(NC(=C3C(=O)Nc4cc(C(=O)O)ccc43)c3ccccc3)cc2)C1. The smallest absolute Gasteiger partial charge is 0.335 e. The zero-order valence-corrected chi connectivity index (χ0v) is 23.0. The average Bonchev–Trinajstić information content (AvgIpc) is 3.58. The molecule has 41 heavy (non-hydrogen) atoms.